The largest absolute Gasteiger partial charge is 0.478 e. The summed E-state index contributed by atoms with van der Waals surface area (Å²) in [6.45, 7) is 10.3. The number of carboxylic acids is 1. The highest BCUT2D eigenvalue weighted by Gasteiger charge is 2.16. The molecule has 0 aromatic rings. The Kier molecular flexibility index (Phi) is 7.35. The van der Waals surface area contributed by atoms with E-state index in [1.54, 1.807) is 25.2 Å². The number of hydrogen-bond donors (Lipinski definition) is 2. The van der Waals surface area contributed by atoms with Crippen LogP contribution in [-0.4, -0.2) is 16.0 Å². The Bertz CT molecular complexity index is 513. The van der Waals surface area contributed by atoms with Crippen LogP contribution in [0.5, 0.6) is 0 Å². The quantitative estimate of drug-likeness (QED) is 0.308. The normalized spacial score (nSPS) is 12.8. The number of aliphatic carboxylic acids is 1. The first-order valence-corrected chi connectivity index (χ1v) is 5.87. The third kappa shape index (κ3) is 5.81. The molecule has 0 spiro atoms. The van der Waals surface area contributed by atoms with Gasteiger partial charge >= 0.3 is 5.97 Å². The Morgan fingerprint density at radius 2 is 2.10 bits per heavy atom. The van der Waals surface area contributed by atoms with Crippen molar-refractivity contribution in [3.63, 3.8) is 0 Å². The first kappa shape index (κ1) is 17.4. The number of hydrogen-bond acceptors (Lipinski definition) is 4. The second kappa shape index (κ2) is 8.47. The fraction of sp³-hybridized carbons (Fsp3) is 0.214. The van der Waals surface area contributed by atoms with Gasteiger partial charge in [-0.25, -0.2) is 4.79 Å². The fourth-order valence-corrected chi connectivity index (χ4v) is 1.31. The van der Waals surface area contributed by atoms with Crippen LogP contribution in [0.25, 0.3) is 0 Å². The summed E-state index contributed by atoms with van der Waals surface area (Å²) in [6, 6.07) is 0. The van der Waals surface area contributed by atoms with Gasteiger partial charge in [-0.3, -0.25) is 10.1 Å². The van der Waals surface area contributed by atoms with Crippen molar-refractivity contribution in [1.82, 2.24) is 5.32 Å². The molecule has 0 rings (SSSR count). The number of nitrogens with zero attached hydrogens (tertiary/aromatic N) is 1. The Hall–Kier alpha value is -2.63. The van der Waals surface area contributed by atoms with Gasteiger partial charge in [-0.05, 0) is 19.4 Å². The van der Waals surface area contributed by atoms with Gasteiger partial charge in [-0.2, -0.15) is 0 Å². The van der Waals surface area contributed by atoms with Gasteiger partial charge < -0.3 is 10.4 Å². The molecule has 0 fully saturated rings. The van der Waals surface area contributed by atoms with E-state index in [0.717, 1.165) is 6.08 Å². The lowest BCUT2D eigenvalue weighted by molar-refractivity contribution is -0.420. The van der Waals surface area contributed by atoms with E-state index in [1.165, 1.54) is 6.92 Å². The minimum Gasteiger partial charge on any atom is -0.478 e. The van der Waals surface area contributed by atoms with E-state index in [-0.39, 0.29) is 23.4 Å². The molecule has 20 heavy (non-hydrogen) atoms. The molecule has 0 saturated heterocycles. The van der Waals surface area contributed by atoms with Crippen LogP contribution in [0.1, 0.15) is 20.3 Å². The van der Waals surface area contributed by atoms with Gasteiger partial charge in [-0.15, -0.1) is 0 Å². The second-order valence-corrected chi connectivity index (χ2v) is 3.84. The first-order chi connectivity index (χ1) is 9.33. The van der Waals surface area contributed by atoms with Gasteiger partial charge in [-0.1, -0.05) is 32.2 Å². The zero-order chi connectivity index (χ0) is 15.7. The molecule has 0 aromatic heterocycles. The molecular weight excluding hydrogens is 260 g/mol. The zero-order valence-corrected chi connectivity index (χ0v) is 11.5. The number of carboxylic acid groups (broad SMARTS) is 1. The minimum atomic E-state index is -1.18. The van der Waals surface area contributed by atoms with Crippen LogP contribution in [0.15, 0.2) is 60.1 Å². The molecule has 6 heteroatoms. The average molecular weight is 278 g/mol. The van der Waals surface area contributed by atoms with Gasteiger partial charge in [0.15, 0.2) is 0 Å². The van der Waals surface area contributed by atoms with Crippen LogP contribution in [0, 0.1) is 10.1 Å². The summed E-state index contributed by atoms with van der Waals surface area (Å²) in [5.74, 6) is -1.18. The van der Waals surface area contributed by atoms with Crippen molar-refractivity contribution in [1.29, 1.82) is 0 Å². The molecule has 6 nitrogen and oxygen atoms in total. The summed E-state index contributed by atoms with van der Waals surface area (Å²) in [5, 5.41) is 22.7. The predicted molar refractivity (Wildman–Crippen MR) is 77.3 cm³/mol. The molecule has 0 aliphatic heterocycles. The molecule has 108 valence electrons. The lowest BCUT2D eigenvalue weighted by Crippen LogP contribution is -2.14. The molecule has 0 bridgehead atoms. The maximum absolute atomic E-state index is 11.0. The highest BCUT2D eigenvalue weighted by Crippen LogP contribution is 2.12. The maximum atomic E-state index is 11.0. The molecule has 0 heterocycles. The van der Waals surface area contributed by atoms with E-state index >= 15 is 0 Å². The van der Waals surface area contributed by atoms with Crippen molar-refractivity contribution < 1.29 is 14.8 Å². The molecule has 0 aromatic carbocycles. The Morgan fingerprint density at radius 3 is 2.50 bits per heavy atom. The Labute approximate surface area is 117 Å². The summed E-state index contributed by atoms with van der Waals surface area (Å²) in [6.07, 6.45) is 6.00. The van der Waals surface area contributed by atoms with Gasteiger partial charge in [0.05, 0.1) is 10.6 Å². The molecule has 0 amide bonds. The molecule has 0 aliphatic rings. The second-order valence-electron chi connectivity index (χ2n) is 3.84. The highest BCUT2D eigenvalue weighted by atomic mass is 16.6. The summed E-state index contributed by atoms with van der Waals surface area (Å²) in [4.78, 5) is 21.3. The molecular formula is C14H18N2O4. The average Bonchev–Trinajstić information content (AvgIpc) is 2.36. The third-order valence-electron chi connectivity index (χ3n) is 2.33. The minimum absolute atomic E-state index is 0.0369. The molecule has 0 saturated carbocycles. The van der Waals surface area contributed by atoms with E-state index in [1.807, 2.05) is 0 Å². The standard InChI is InChI=1S/C14H18N2O4/c1-5-7-8-10(3)15-11(4)13(16(19)20)9-12(6-2)14(17)18/h5,7-9,15H,1,3,6H2,2,4H3,(H,17,18)/b8-7-,12-9+,13-11-. The fourth-order valence-electron chi connectivity index (χ4n) is 1.31. The van der Waals surface area contributed by atoms with E-state index in [4.69, 9.17) is 5.11 Å². The van der Waals surface area contributed by atoms with Crippen molar-refractivity contribution in [3.05, 3.63) is 70.2 Å². The monoisotopic (exact) mass is 278 g/mol. The lowest BCUT2D eigenvalue weighted by Gasteiger charge is -2.06. The van der Waals surface area contributed by atoms with Crippen LogP contribution >= 0.6 is 0 Å². The van der Waals surface area contributed by atoms with Crippen molar-refractivity contribution in [3.8, 4) is 0 Å². The number of carbonyl (C=O) groups is 1. The van der Waals surface area contributed by atoms with Crippen LogP contribution in [0.3, 0.4) is 0 Å². The van der Waals surface area contributed by atoms with E-state index in [9.17, 15) is 14.9 Å². The lowest BCUT2D eigenvalue weighted by atomic mass is 10.1. The van der Waals surface area contributed by atoms with E-state index in [2.05, 4.69) is 18.5 Å². The Balaban J connectivity index is 5.44. The van der Waals surface area contributed by atoms with E-state index in [0.29, 0.717) is 5.70 Å². The molecule has 0 aliphatic carbocycles. The Morgan fingerprint density at radius 1 is 1.50 bits per heavy atom. The van der Waals surface area contributed by atoms with Gasteiger partial charge in [0, 0.05) is 17.3 Å². The highest BCUT2D eigenvalue weighted by molar-refractivity contribution is 5.87. The van der Waals surface area contributed by atoms with E-state index < -0.39 is 10.9 Å². The van der Waals surface area contributed by atoms with Gasteiger partial charge in [0.25, 0.3) is 5.70 Å². The van der Waals surface area contributed by atoms with Crippen LogP contribution in [0.2, 0.25) is 0 Å². The SMILES string of the molecule is C=C/C=C\C(=C)N/C(C)=C(/C=C(\CC)C(=O)O)[N+](=O)[O-]. The predicted octanol–water partition coefficient (Wildman–Crippen LogP) is 2.76. The number of rotatable bonds is 8. The number of nitrogens with one attached hydrogen (secondary N) is 1. The van der Waals surface area contributed by atoms with Crippen LogP contribution in [0.4, 0.5) is 0 Å². The van der Waals surface area contributed by atoms with Crippen molar-refractivity contribution in [2.24, 2.45) is 0 Å². The van der Waals surface area contributed by atoms with Crippen LogP contribution < -0.4 is 5.32 Å². The van der Waals surface area contributed by atoms with Gasteiger partial charge in [0.1, 0.15) is 0 Å². The van der Waals surface area contributed by atoms with Gasteiger partial charge in [0.2, 0.25) is 0 Å². The summed E-state index contributed by atoms with van der Waals surface area (Å²) >= 11 is 0. The summed E-state index contributed by atoms with van der Waals surface area (Å²) < 4.78 is 0. The molecule has 0 radical (unpaired) electrons. The zero-order valence-electron chi connectivity index (χ0n) is 11.5. The van der Waals surface area contributed by atoms with Crippen molar-refractivity contribution >= 4 is 5.97 Å². The number of nitro groups is 1. The third-order valence-corrected chi connectivity index (χ3v) is 2.33. The molecule has 0 unspecified atom stereocenters. The van der Waals surface area contributed by atoms with Crippen molar-refractivity contribution in [2.75, 3.05) is 0 Å². The first-order valence-electron chi connectivity index (χ1n) is 5.87. The summed E-state index contributed by atoms with van der Waals surface area (Å²) in [5.41, 5.74) is 0.298. The van der Waals surface area contributed by atoms with Crippen LogP contribution in [-0.2, 0) is 4.79 Å². The smallest absolute Gasteiger partial charge is 0.331 e. The maximum Gasteiger partial charge on any atom is 0.331 e. The van der Waals surface area contributed by atoms with Crippen molar-refractivity contribution in [2.45, 2.75) is 20.3 Å². The number of allylic oxidation sites excluding steroid dienone is 5. The molecule has 2 N–H and O–H groups in total. The molecule has 0 atom stereocenters. The summed E-state index contributed by atoms with van der Waals surface area (Å²) in [7, 11) is 0. The topological polar surface area (TPSA) is 92.5 Å².